The number of hydrogen-bond donors (Lipinski definition) is 2. The van der Waals surface area contributed by atoms with E-state index in [1.54, 1.807) is 23.5 Å². The lowest BCUT2D eigenvalue weighted by atomic mass is 10.2. The average molecular weight is 265 g/mol. The minimum absolute atomic E-state index is 0.175. The lowest BCUT2D eigenvalue weighted by molar-refractivity contribution is -0.137. The fourth-order valence-electron chi connectivity index (χ4n) is 1.18. The summed E-state index contributed by atoms with van der Waals surface area (Å²) in [7, 11) is 0. The molecule has 0 fully saturated rings. The minimum Gasteiger partial charge on any atom is -0.480 e. The topological polar surface area (TPSA) is 66.4 Å². The summed E-state index contributed by atoms with van der Waals surface area (Å²) in [5.41, 5.74) is 0. The van der Waals surface area contributed by atoms with Gasteiger partial charge in [0, 0.05) is 11.7 Å². The van der Waals surface area contributed by atoms with Gasteiger partial charge in [0.05, 0.1) is 0 Å². The molecule has 0 heterocycles. The van der Waals surface area contributed by atoms with Crippen LogP contribution in [0.4, 0.5) is 0 Å². The van der Waals surface area contributed by atoms with E-state index in [0.717, 1.165) is 18.6 Å². The van der Waals surface area contributed by atoms with E-state index in [1.807, 2.05) is 6.26 Å². The van der Waals surface area contributed by atoms with Crippen LogP contribution < -0.4 is 5.32 Å². The van der Waals surface area contributed by atoms with Gasteiger partial charge in [0.15, 0.2) is 0 Å². The van der Waals surface area contributed by atoms with Crippen LogP contribution >= 0.6 is 23.5 Å². The summed E-state index contributed by atoms with van der Waals surface area (Å²) in [4.78, 5) is 21.5. The monoisotopic (exact) mass is 265 g/mol. The van der Waals surface area contributed by atoms with Gasteiger partial charge in [-0.1, -0.05) is 0 Å². The highest BCUT2D eigenvalue weighted by atomic mass is 32.2. The van der Waals surface area contributed by atoms with Gasteiger partial charge in [-0.2, -0.15) is 23.5 Å². The van der Waals surface area contributed by atoms with Gasteiger partial charge in [0.2, 0.25) is 5.91 Å². The van der Waals surface area contributed by atoms with Crippen LogP contribution in [0.2, 0.25) is 0 Å². The van der Waals surface area contributed by atoms with Crippen molar-refractivity contribution < 1.29 is 14.7 Å². The van der Waals surface area contributed by atoms with Gasteiger partial charge in [0.25, 0.3) is 0 Å². The zero-order chi connectivity index (χ0) is 12.4. The second-order valence-corrected chi connectivity index (χ2v) is 5.47. The van der Waals surface area contributed by atoms with Gasteiger partial charge < -0.3 is 10.4 Å². The van der Waals surface area contributed by atoms with Gasteiger partial charge in [-0.3, -0.25) is 9.59 Å². The molecule has 1 unspecified atom stereocenters. The second kappa shape index (κ2) is 9.84. The molecule has 6 heteroatoms. The first-order valence-corrected chi connectivity index (χ1v) is 7.78. The van der Waals surface area contributed by atoms with E-state index in [9.17, 15) is 9.59 Å². The zero-order valence-corrected chi connectivity index (χ0v) is 11.3. The number of amides is 1. The third kappa shape index (κ3) is 8.91. The summed E-state index contributed by atoms with van der Waals surface area (Å²) in [5.74, 6) is -0.0786. The molecule has 1 atom stereocenters. The molecule has 0 bridgehead atoms. The molecule has 0 aromatic carbocycles. The Morgan fingerprint density at radius 2 is 2.00 bits per heavy atom. The van der Waals surface area contributed by atoms with Crippen LogP contribution in [0.3, 0.4) is 0 Å². The van der Waals surface area contributed by atoms with Gasteiger partial charge in [0.1, 0.15) is 6.54 Å². The third-order valence-electron chi connectivity index (χ3n) is 2.11. The fourth-order valence-corrected chi connectivity index (χ4v) is 2.56. The van der Waals surface area contributed by atoms with Crippen molar-refractivity contribution in [3.63, 3.8) is 0 Å². The second-order valence-electron chi connectivity index (χ2n) is 3.35. The van der Waals surface area contributed by atoms with Gasteiger partial charge >= 0.3 is 5.97 Å². The molecular weight excluding hydrogens is 246 g/mol. The molecule has 16 heavy (non-hydrogen) atoms. The molecule has 0 aromatic heterocycles. The summed E-state index contributed by atoms with van der Waals surface area (Å²) in [6.45, 7) is -0.284. The molecule has 0 spiro atoms. The maximum atomic E-state index is 11.3. The Labute approximate surface area is 105 Å². The maximum absolute atomic E-state index is 11.3. The number of aliphatic carboxylic acids is 1. The Balaban J connectivity index is 3.66. The molecule has 2 N–H and O–H groups in total. The van der Waals surface area contributed by atoms with Crippen molar-refractivity contribution >= 4 is 35.4 Å². The summed E-state index contributed by atoms with van der Waals surface area (Å²) < 4.78 is 0. The van der Waals surface area contributed by atoms with E-state index in [1.165, 1.54) is 0 Å². The maximum Gasteiger partial charge on any atom is 0.322 e. The van der Waals surface area contributed by atoms with E-state index in [4.69, 9.17) is 5.11 Å². The predicted octanol–water partition coefficient (Wildman–Crippen LogP) is 1.45. The molecule has 0 saturated carbocycles. The standard InChI is InChI=1S/C10H19NO3S2/c1-15-6-5-8(16-2)3-4-9(12)11-7-10(13)14/h8H,3-7H2,1-2H3,(H,11,12)(H,13,14). The highest BCUT2D eigenvalue weighted by Crippen LogP contribution is 2.18. The van der Waals surface area contributed by atoms with Crippen molar-refractivity contribution in [1.29, 1.82) is 0 Å². The van der Waals surface area contributed by atoms with Crippen LogP contribution in [0.25, 0.3) is 0 Å². The molecule has 4 nitrogen and oxygen atoms in total. The number of carbonyl (C=O) groups is 2. The summed E-state index contributed by atoms with van der Waals surface area (Å²) in [6.07, 6.45) is 6.42. The van der Waals surface area contributed by atoms with Crippen molar-refractivity contribution in [3.05, 3.63) is 0 Å². The van der Waals surface area contributed by atoms with Gasteiger partial charge in [-0.15, -0.1) is 0 Å². The van der Waals surface area contributed by atoms with Gasteiger partial charge in [-0.25, -0.2) is 0 Å². The minimum atomic E-state index is -1.00. The molecule has 0 rings (SSSR count). The number of carboxylic acid groups (broad SMARTS) is 1. The van der Waals surface area contributed by atoms with Crippen LogP contribution in [-0.4, -0.2) is 47.0 Å². The van der Waals surface area contributed by atoms with Crippen molar-refractivity contribution in [2.24, 2.45) is 0 Å². The van der Waals surface area contributed by atoms with Crippen molar-refractivity contribution in [2.45, 2.75) is 24.5 Å². The third-order valence-corrected chi connectivity index (χ3v) is 3.89. The van der Waals surface area contributed by atoms with Crippen molar-refractivity contribution in [3.8, 4) is 0 Å². The van der Waals surface area contributed by atoms with Crippen molar-refractivity contribution in [1.82, 2.24) is 5.32 Å². The van der Waals surface area contributed by atoms with Crippen LogP contribution in [-0.2, 0) is 9.59 Å². The number of hydrogen-bond acceptors (Lipinski definition) is 4. The Bertz CT molecular complexity index is 224. The molecule has 0 aromatic rings. The number of rotatable bonds is 9. The van der Waals surface area contributed by atoms with E-state index in [0.29, 0.717) is 11.7 Å². The largest absolute Gasteiger partial charge is 0.480 e. The van der Waals surface area contributed by atoms with E-state index >= 15 is 0 Å². The van der Waals surface area contributed by atoms with Crippen molar-refractivity contribution in [2.75, 3.05) is 24.8 Å². The lowest BCUT2D eigenvalue weighted by Crippen LogP contribution is -2.29. The van der Waals surface area contributed by atoms with E-state index < -0.39 is 5.97 Å². The highest BCUT2D eigenvalue weighted by Gasteiger charge is 2.10. The smallest absolute Gasteiger partial charge is 0.322 e. The molecule has 94 valence electrons. The summed E-state index contributed by atoms with van der Waals surface area (Å²) >= 11 is 3.57. The van der Waals surface area contributed by atoms with E-state index in [2.05, 4.69) is 11.6 Å². The van der Waals surface area contributed by atoms with E-state index in [-0.39, 0.29) is 12.5 Å². The lowest BCUT2D eigenvalue weighted by Gasteiger charge is -2.12. The fraction of sp³-hybridized carbons (Fsp3) is 0.800. The Kier molecular flexibility index (Phi) is 9.62. The number of nitrogens with one attached hydrogen (secondary N) is 1. The molecule has 0 saturated heterocycles. The summed E-state index contributed by atoms with van der Waals surface area (Å²) in [5, 5.41) is 11.2. The normalized spacial score (nSPS) is 12.1. The predicted molar refractivity (Wildman–Crippen MR) is 70.2 cm³/mol. The highest BCUT2D eigenvalue weighted by molar-refractivity contribution is 7.99. The first kappa shape index (κ1) is 15.6. The first-order chi connectivity index (χ1) is 7.60. The number of carboxylic acids is 1. The summed E-state index contributed by atoms with van der Waals surface area (Å²) in [6, 6.07) is 0. The van der Waals surface area contributed by atoms with Crippen LogP contribution in [0.15, 0.2) is 0 Å². The van der Waals surface area contributed by atoms with Crippen LogP contribution in [0.5, 0.6) is 0 Å². The number of carbonyl (C=O) groups excluding carboxylic acids is 1. The SMILES string of the molecule is CSCCC(CCC(=O)NCC(=O)O)SC. The first-order valence-electron chi connectivity index (χ1n) is 5.10. The van der Waals surface area contributed by atoms with Crippen LogP contribution in [0, 0.1) is 0 Å². The molecule has 0 aliphatic carbocycles. The zero-order valence-electron chi connectivity index (χ0n) is 9.69. The molecule has 1 amide bonds. The Morgan fingerprint density at radius 3 is 2.50 bits per heavy atom. The average Bonchev–Trinajstić information content (AvgIpc) is 2.26. The molecule has 0 aliphatic rings. The Hall–Kier alpha value is -0.360. The number of thioether (sulfide) groups is 2. The van der Waals surface area contributed by atoms with Gasteiger partial charge in [-0.05, 0) is 31.1 Å². The Morgan fingerprint density at radius 1 is 1.31 bits per heavy atom. The molecule has 0 aliphatic heterocycles. The molecule has 0 radical (unpaired) electrons. The molecular formula is C10H19NO3S2. The van der Waals surface area contributed by atoms with Crippen LogP contribution in [0.1, 0.15) is 19.3 Å². The quantitative estimate of drug-likeness (QED) is 0.660.